The molecule has 0 amide bonds. The molecule has 0 saturated carbocycles. The molecule has 0 aliphatic heterocycles. The normalized spacial score (nSPS) is 11.8. The lowest BCUT2D eigenvalue weighted by atomic mass is 10.2. The van der Waals surface area contributed by atoms with Crippen molar-refractivity contribution in [2.45, 2.75) is 39.2 Å². The van der Waals surface area contributed by atoms with Crippen LogP contribution in [0.4, 0.5) is 0 Å². The lowest BCUT2D eigenvalue weighted by molar-refractivity contribution is 0.368. The van der Waals surface area contributed by atoms with Gasteiger partial charge in [0.1, 0.15) is 0 Å². The quantitative estimate of drug-likeness (QED) is 0.463. The van der Waals surface area contributed by atoms with Crippen LogP contribution in [0.25, 0.3) is 0 Å². The second-order valence-electron chi connectivity index (χ2n) is 6.26. The first kappa shape index (κ1) is 19.2. The minimum absolute atomic E-state index is 0.287. The Labute approximate surface area is 154 Å². The summed E-state index contributed by atoms with van der Waals surface area (Å²) in [4.78, 5) is 10.8. The molecule has 1 N–H and O–H groups in total. The van der Waals surface area contributed by atoms with Crippen LogP contribution >= 0.6 is 11.6 Å². The van der Waals surface area contributed by atoms with Crippen LogP contribution in [0, 0.1) is 0 Å². The molecule has 136 valence electrons. The molecule has 0 aliphatic carbocycles. The molecule has 2 aromatic rings. The van der Waals surface area contributed by atoms with E-state index in [1.807, 2.05) is 25.2 Å². The molecule has 0 radical (unpaired) electrons. The molecule has 1 aromatic heterocycles. The van der Waals surface area contributed by atoms with Crippen molar-refractivity contribution in [2.24, 2.45) is 4.99 Å². The van der Waals surface area contributed by atoms with Gasteiger partial charge in [-0.25, -0.2) is 0 Å². The molecule has 0 aliphatic rings. The molecule has 6 nitrogen and oxygen atoms in total. The van der Waals surface area contributed by atoms with E-state index >= 15 is 0 Å². The van der Waals surface area contributed by atoms with E-state index in [4.69, 9.17) is 16.1 Å². The van der Waals surface area contributed by atoms with Gasteiger partial charge in [-0.05, 0) is 24.1 Å². The SMILES string of the molecule is CN=C(NCCCc1nc(C(C)C)no1)N(C)Cc1cccc(Cl)c1. The summed E-state index contributed by atoms with van der Waals surface area (Å²) in [6, 6.07) is 7.85. The fraction of sp³-hybridized carbons (Fsp3) is 0.500. The fourth-order valence-electron chi connectivity index (χ4n) is 2.41. The van der Waals surface area contributed by atoms with Crippen LogP contribution in [0.1, 0.15) is 43.5 Å². The molecule has 2 rings (SSSR count). The number of aryl methyl sites for hydroxylation is 1. The average Bonchev–Trinajstić information content (AvgIpc) is 3.04. The number of rotatable bonds is 7. The Morgan fingerprint density at radius 1 is 1.40 bits per heavy atom. The second kappa shape index (κ2) is 9.42. The number of aromatic nitrogens is 2. The van der Waals surface area contributed by atoms with E-state index in [0.717, 1.165) is 48.3 Å². The number of guanidine groups is 1. The molecule has 0 bridgehead atoms. The highest BCUT2D eigenvalue weighted by Crippen LogP contribution is 2.12. The maximum absolute atomic E-state index is 6.04. The standard InChI is InChI=1S/C18H26ClN5O/c1-13(2)17-22-16(25-23-17)9-6-10-21-18(20-3)24(4)12-14-7-5-8-15(19)11-14/h5,7-8,11,13H,6,9-10,12H2,1-4H3,(H,20,21). The Hall–Kier alpha value is -2.08. The summed E-state index contributed by atoms with van der Waals surface area (Å²) in [7, 11) is 3.78. The van der Waals surface area contributed by atoms with Crippen molar-refractivity contribution in [2.75, 3.05) is 20.6 Å². The summed E-state index contributed by atoms with van der Waals surface area (Å²) in [5.74, 6) is 2.58. The Morgan fingerprint density at radius 3 is 2.84 bits per heavy atom. The highest BCUT2D eigenvalue weighted by atomic mass is 35.5. The van der Waals surface area contributed by atoms with E-state index in [1.54, 1.807) is 7.05 Å². The van der Waals surface area contributed by atoms with Gasteiger partial charge < -0.3 is 14.7 Å². The van der Waals surface area contributed by atoms with Crippen molar-refractivity contribution in [3.8, 4) is 0 Å². The Balaban J connectivity index is 1.77. The number of benzene rings is 1. The van der Waals surface area contributed by atoms with Crippen molar-refractivity contribution in [1.82, 2.24) is 20.4 Å². The van der Waals surface area contributed by atoms with Gasteiger partial charge in [0, 0.05) is 44.5 Å². The lowest BCUT2D eigenvalue weighted by Gasteiger charge is -2.22. The lowest BCUT2D eigenvalue weighted by Crippen LogP contribution is -2.39. The van der Waals surface area contributed by atoms with Crippen molar-refractivity contribution in [3.63, 3.8) is 0 Å². The van der Waals surface area contributed by atoms with Gasteiger partial charge in [-0.2, -0.15) is 4.98 Å². The zero-order valence-corrected chi connectivity index (χ0v) is 16.0. The summed E-state index contributed by atoms with van der Waals surface area (Å²) in [5.41, 5.74) is 1.14. The smallest absolute Gasteiger partial charge is 0.226 e. The summed E-state index contributed by atoms with van der Waals surface area (Å²) >= 11 is 6.04. The summed E-state index contributed by atoms with van der Waals surface area (Å²) in [6.45, 7) is 5.62. The van der Waals surface area contributed by atoms with Crippen molar-refractivity contribution in [1.29, 1.82) is 0 Å². The topological polar surface area (TPSA) is 66.5 Å². The number of nitrogens with zero attached hydrogens (tertiary/aromatic N) is 4. The summed E-state index contributed by atoms with van der Waals surface area (Å²) < 4.78 is 5.25. The van der Waals surface area contributed by atoms with Crippen molar-refractivity contribution < 1.29 is 4.52 Å². The van der Waals surface area contributed by atoms with Gasteiger partial charge in [-0.3, -0.25) is 4.99 Å². The number of halogens is 1. The first-order chi connectivity index (χ1) is 12.0. The van der Waals surface area contributed by atoms with Crippen LogP contribution in [-0.2, 0) is 13.0 Å². The molecular weight excluding hydrogens is 338 g/mol. The molecule has 0 spiro atoms. The first-order valence-corrected chi connectivity index (χ1v) is 8.86. The second-order valence-corrected chi connectivity index (χ2v) is 6.70. The van der Waals surface area contributed by atoms with E-state index in [-0.39, 0.29) is 5.92 Å². The van der Waals surface area contributed by atoms with Gasteiger partial charge in [-0.1, -0.05) is 42.7 Å². The van der Waals surface area contributed by atoms with E-state index in [1.165, 1.54) is 0 Å². The molecule has 1 heterocycles. The minimum Gasteiger partial charge on any atom is -0.356 e. The summed E-state index contributed by atoms with van der Waals surface area (Å²) in [5, 5.41) is 8.08. The predicted octanol–water partition coefficient (Wildman–Crippen LogP) is 3.49. The Morgan fingerprint density at radius 2 is 2.20 bits per heavy atom. The largest absolute Gasteiger partial charge is 0.356 e. The monoisotopic (exact) mass is 363 g/mol. The number of nitrogens with one attached hydrogen (secondary N) is 1. The van der Waals surface area contributed by atoms with Gasteiger partial charge in [0.2, 0.25) is 5.89 Å². The zero-order chi connectivity index (χ0) is 18.2. The minimum atomic E-state index is 0.287. The van der Waals surface area contributed by atoms with Crippen LogP contribution in [0.5, 0.6) is 0 Å². The molecule has 0 unspecified atom stereocenters. The van der Waals surface area contributed by atoms with Gasteiger partial charge in [0.25, 0.3) is 0 Å². The maximum Gasteiger partial charge on any atom is 0.226 e. The van der Waals surface area contributed by atoms with Crippen LogP contribution < -0.4 is 5.32 Å². The Kier molecular flexibility index (Phi) is 7.25. The third-order valence-electron chi connectivity index (χ3n) is 3.73. The molecular formula is C18H26ClN5O. The van der Waals surface area contributed by atoms with Gasteiger partial charge in [0.15, 0.2) is 11.8 Å². The first-order valence-electron chi connectivity index (χ1n) is 8.48. The van der Waals surface area contributed by atoms with Crippen molar-refractivity contribution in [3.05, 3.63) is 46.6 Å². The van der Waals surface area contributed by atoms with E-state index < -0.39 is 0 Å². The van der Waals surface area contributed by atoms with Crippen LogP contribution in [0.3, 0.4) is 0 Å². The molecule has 7 heteroatoms. The summed E-state index contributed by atoms with van der Waals surface area (Å²) in [6.07, 6.45) is 1.64. The number of hydrogen-bond donors (Lipinski definition) is 1. The van der Waals surface area contributed by atoms with Crippen LogP contribution in [-0.4, -0.2) is 41.6 Å². The van der Waals surface area contributed by atoms with Crippen LogP contribution in [0.2, 0.25) is 5.02 Å². The zero-order valence-electron chi connectivity index (χ0n) is 15.3. The third-order valence-corrected chi connectivity index (χ3v) is 3.97. The molecule has 1 aromatic carbocycles. The average molecular weight is 364 g/mol. The number of aliphatic imine (C=N–C) groups is 1. The van der Waals surface area contributed by atoms with E-state index in [2.05, 4.69) is 45.3 Å². The Bertz CT molecular complexity index is 698. The van der Waals surface area contributed by atoms with Gasteiger partial charge in [-0.15, -0.1) is 0 Å². The van der Waals surface area contributed by atoms with Crippen LogP contribution in [0.15, 0.2) is 33.8 Å². The number of hydrogen-bond acceptors (Lipinski definition) is 4. The highest BCUT2D eigenvalue weighted by molar-refractivity contribution is 6.30. The highest BCUT2D eigenvalue weighted by Gasteiger charge is 2.10. The predicted molar refractivity (Wildman–Crippen MR) is 101 cm³/mol. The third kappa shape index (κ3) is 6.05. The molecule has 0 fully saturated rings. The van der Waals surface area contributed by atoms with Gasteiger partial charge in [0.05, 0.1) is 0 Å². The molecule has 0 atom stereocenters. The van der Waals surface area contributed by atoms with Crippen molar-refractivity contribution >= 4 is 17.6 Å². The van der Waals surface area contributed by atoms with Gasteiger partial charge >= 0.3 is 0 Å². The fourth-order valence-corrected chi connectivity index (χ4v) is 2.63. The molecule has 25 heavy (non-hydrogen) atoms. The van der Waals surface area contributed by atoms with E-state index in [9.17, 15) is 0 Å². The molecule has 0 saturated heterocycles. The maximum atomic E-state index is 6.04. The van der Waals surface area contributed by atoms with E-state index in [0.29, 0.717) is 5.89 Å².